The maximum Gasteiger partial charge on any atom is 0.338 e. The number of benzene rings is 2. The Balaban J connectivity index is 2.20. The zero-order valence-corrected chi connectivity index (χ0v) is 18.3. The zero-order valence-electron chi connectivity index (χ0n) is 15.9. The van der Waals surface area contributed by atoms with Crippen LogP contribution in [0.5, 0.6) is 5.75 Å². The van der Waals surface area contributed by atoms with Crippen LogP contribution in [0.4, 0.5) is 0 Å². The number of rotatable bonds is 7. The second kappa shape index (κ2) is 9.71. The van der Waals surface area contributed by atoms with Crippen molar-refractivity contribution in [2.24, 2.45) is 0 Å². The van der Waals surface area contributed by atoms with Crippen LogP contribution in [-0.2, 0) is 9.53 Å². The first kappa shape index (κ1) is 21.1. The molecule has 0 saturated heterocycles. The highest BCUT2D eigenvalue weighted by Gasteiger charge is 2.34. The van der Waals surface area contributed by atoms with Crippen LogP contribution < -0.4 is 15.4 Å². The lowest BCUT2D eigenvalue weighted by atomic mass is 9.92. The first-order valence-corrected chi connectivity index (χ1v) is 10.3. The number of carbonyl (C=O) groups excluding carboxylic acids is 1. The van der Waals surface area contributed by atoms with E-state index in [1.165, 1.54) is 0 Å². The summed E-state index contributed by atoms with van der Waals surface area (Å²) in [5.74, 6) is 0.206. The minimum atomic E-state index is -0.546. The smallest absolute Gasteiger partial charge is 0.338 e. The Morgan fingerprint density at radius 2 is 2.03 bits per heavy atom. The van der Waals surface area contributed by atoms with Gasteiger partial charge in [0.05, 0.1) is 23.9 Å². The molecule has 2 N–H and O–H groups in total. The monoisotopic (exact) mass is 472 g/mol. The highest BCUT2D eigenvalue weighted by atomic mass is 79.9. The van der Waals surface area contributed by atoms with Crippen molar-refractivity contribution in [2.75, 3.05) is 13.2 Å². The molecule has 7 heteroatoms. The Hall–Kier alpha value is -2.64. The van der Waals surface area contributed by atoms with Crippen LogP contribution in [0.3, 0.4) is 0 Å². The van der Waals surface area contributed by atoms with Gasteiger partial charge in [-0.25, -0.2) is 4.79 Å². The summed E-state index contributed by atoms with van der Waals surface area (Å²) in [5.41, 5.74) is 2.66. The average Bonchev–Trinajstić information content (AvgIpc) is 2.73. The maximum absolute atomic E-state index is 13.0. The fourth-order valence-corrected chi connectivity index (χ4v) is 3.68. The summed E-state index contributed by atoms with van der Waals surface area (Å²) in [6, 6.07) is 14.7. The molecular formula is C22H21BrN2O3S. The molecule has 0 amide bonds. The zero-order chi connectivity index (χ0) is 20.8. The van der Waals surface area contributed by atoms with Gasteiger partial charge in [-0.05, 0) is 42.9 Å². The lowest BCUT2D eigenvalue weighted by molar-refractivity contribution is -0.138. The van der Waals surface area contributed by atoms with E-state index in [4.69, 9.17) is 21.7 Å². The third kappa shape index (κ3) is 4.86. The quantitative estimate of drug-likeness (QED) is 0.351. The number of halogens is 1. The molecule has 2 aromatic rings. The van der Waals surface area contributed by atoms with E-state index in [2.05, 4.69) is 33.1 Å². The van der Waals surface area contributed by atoms with Crippen LogP contribution in [0.15, 0.2) is 71.2 Å². The summed E-state index contributed by atoms with van der Waals surface area (Å²) < 4.78 is 12.1. The van der Waals surface area contributed by atoms with Crippen molar-refractivity contribution in [2.45, 2.75) is 13.0 Å². The predicted octanol–water partition coefficient (Wildman–Crippen LogP) is 4.51. The topological polar surface area (TPSA) is 59.6 Å². The van der Waals surface area contributed by atoms with Gasteiger partial charge in [0.15, 0.2) is 5.11 Å². The Morgan fingerprint density at radius 1 is 1.28 bits per heavy atom. The number of hydrogen-bond donors (Lipinski definition) is 2. The van der Waals surface area contributed by atoms with Crippen molar-refractivity contribution < 1.29 is 14.3 Å². The second-order valence-electron chi connectivity index (χ2n) is 6.19. The van der Waals surface area contributed by atoms with Gasteiger partial charge in [0.1, 0.15) is 12.4 Å². The largest absolute Gasteiger partial charge is 0.489 e. The highest BCUT2D eigenvalue weighted by molar-refractivity contribution is 9.10. The molecule has 1 aliphatic heterocycles. The van der Waals surface area contributed by atoms with Gasteiger partial charge in [0, 0.05) is 10.0 Å². The van der Waals surface area contributed by atoms with Crippen LogP contribution in [0.25, 0.3) is 5.70 Å². The fourth-order valence-electron chi connectivity index (χ4n) is 3.08. The number of thiocarbonyl (C=S) groups is 1. The number of ether oxygens (including phenoxy) is 2. The fraction of sp³-hybridized carbons (Fsp3) is 0.182. The van der Waals surface area contributed by atoms with Crippen LogP contribution in [0, 0.1) is 0 Å². The Kier molecular flexibility index (Phi) is 7.06. The molecule has 0 bridgehead atoms. The molecule has 1 aliphatic rings. The van der Waals surface area contributed by atoms with Gasteiger partial charge in [0.25, 0.3) is 0 Å². The minimum Gasteiger partial charge on any atom is -0.489 e. The number of esters is 1. The Labute approximate surface area is 183 Å². The molecule has 29 heavy (non-hydrogen) atoms. The molecule has 3 rings (SSSR count). The number of hydrogen-bond acceptors (Lipinski definition) is 4. The molecular weight excluding hydrogens is 452 g/mol. The summed E-state index contributed by atoms with van der Waals surface area (Å²) in [6.07, 6.45) is 1.67. The standard InChI is InChI=1S/C22H21BrN2O3S/c1-3-12-28-17-11-10-15(23)13-16(17)20-18(21(26)27-4-2)19(24-22(29)25-20)14-8-6-5-7-9-14/h3,5-11,13,20H,1,4,12H2,2H3,(H2,24,25,29)/t20-/m0/s1. The predicted molar refractivity (Wildman–Crippen MR) is 121 cm³/mol. The summed E-state index contributed by atoms with van der Waals surface area (Å²) in [7, 11) is 0. The number of carbonyl (C=O) groups is 1. The molecule has 0 fully saturated rings. The first-order chi connectivity index (χ1) is 14.0. The molecule has 1 heterocycles. The van der Waals surface area contributed by atoms with E-state index < -0.39 is 12.0 Å². The molecule has 150 valence electrons. The van der Waals surface area contributed by atoms with E-state index in [1.807, 2.05) is 48.5 Å². The second-order valence-corrected chi connectivity index (χ2v) is 7.51. The van der Waals surface area contributed by atoms with Crippen molar-refractivity contribution in [3.63, 3.8) is 0 Å². The SMILES string of the molecule is C=CCOc1ccc(Br)cc1[C@@H]1NC(=S)NC(c2ccccc2)=C1C(=O)OCC. The first-order valence-electron chi connectivity index (χ1n) is 9.12. The summed E-state index contributed by atoms with van der Waals surface area (Å²) in [4.78, 5) is 13.0. The van der Waals surface area contributed by atoms with Gasteiger partial charge in [-0.1, -0.05) is 58.9 Å². The van der Waals surface area contributed by atoms with Gasteiger partial charge in [-0.2, -0.15) is 0 Å². The molecule has 0 spiro atoms. The molecule has 1 atom stereocenters. The summed E-state index contributed by atoms with van der Waals surface area (Å²) in [6.45, 7) is 6.09. The lowest BCUT2D eigenvalue weighted by Crippen LogP contribution is -2.45. The average molecular weight is 473 g/mol. The molecule has 0 unspecified atom stereocenters. The molecule has 0 saturated carbocycles. The van der Waals surface area contributed by atoms with Crippen LogP contribution in [0.1, 0.15) is 24.1 Å². The van der Waals surface area contributed by atoms with Gasteiger partial charge in [-0.15, -0.1) is 0 Å². The third-order valence-electron chi connectivity index (χ3n) is 4.27. The van der Waals surface area contributed by atoms with E-state index in [0.29, 0.717) is 28.7 Å². The minimum absolute atomic E-state index is 0.264. The van der Waals surface area contributed by atoms with Gasteiger partial charge >= 0.3 is 5.97 Å². The van der Waals surface area contributed by atoms with E-state index >= 15 is 0 Å². The van der Waals surface area contributed by atoms with Crippen molar-refractivity contribution in [3.05, 3.63) is 82.4 Å². The molecule has 5 nitrogen and oxygen atoms in total. The molecule has 2 aromatic carbocycles. The Morgan fingerprint density at radius 3 is 2.72 bits per heavy atom. The van der Waals surface area contributed by atoms with Crippen molar-refractivity contribution >= 4 is 44.9 Å². The van der Waals surface area contributed by atoms with E-state index in [9.17, 15) is 4.79 Å². The molecule has 0 aromatic heterocycles. The van der Waals surface area contributed by atoms with Crippen LogP contribution >= 0.6 is 28.1 Å². The maximum atomic E-state index is 13.0. The molecule has 0 radical (unpaired) electrons. The Bertz CT molecular complexity index is 960. The highest BCUT2D eigenvalue weighted by Crippen LogP contribution is 2.37. The summed E-state index contributed by atoms with van der Waals surface area (Å²) in [5, 5.41) is 6.74. The van der Waals surface area contributed by atoms with Gasteiger partial charge in [0.2, 0.25) is 0 Å². The van der Waals surface area contributed by atoms with Crippen LogP contribution in [-0.4, -0.2) is 24.3 Å². The van der Waals surface area contributed by atoms with E-state index in [0.717, 1.165) is 15.6 Å². The van der Waals surface area contributed by atoms with Crippen molar-refractivity contribution in [1.82, 2.24) is 10.6 Å². The van der Waals surface area contributed by atoms with Crippen molar-refractivity contribution in [3.8, 4) is 5.75 Å². The van der Waals surface area contributed by atoms with Crippen LogP contribution in [0.2, 0.25) is 0 Å². The van der Waals surface area contributed by atoms with E-state index in [-0.39, 0.29) is 6.61 Å². The molecule has 0 aliphatic carbocycles. The van der Waals surface area contributed by atoms with Crippen molar-refractivity contribution in [1.29, 1.82) is 0 Å². The normalized spacial score (nSPS) is 15.9. The van der Waals surface area contributed by atoms with E-state index in [1.54, 1.807) is 13.0 Å². The lowest BCUT2D eigenvalue weighted by Gasteiger charge is -2.32. The summed E-state index contributed by atoms with van der Waals surface area (Å²) >= 11 is 8.96. The third-order valence-corrected chi connectivity index (χ3v) is 4.98. The number of nitrogens with one attached hydrogen (secondary N) is 2. The van der Waals surface area contributed by atoms with Gasteiger partial charge < -0.3 is 20.1 Å². The van der Waals surface area contributed by atoms with Gasteiger partial charge in [-0.3, -0.25) is 0 Å².